The molecule has 0 amide bonds. The van der Waals surface area contributed by atoms with Crippen molar-refractivity contribution in [1.82, 2.24) is 10.2 Å². The van der Waals surface area contributed by atoms with Crippen LogP contribution >= 0.6 is 23.1 Å². The van der Waals surface area contributed by atoms with E-state index in [-0.39, 0.29) is 11.7 Å². The number of hydrogen-bond acceptors (Lipinski definition) is 5. The summed E-state index contributed by atoms with van der Waals surface area (Å²) in [7, 11) is 0. The molecule has 2 aromatic rings. The Balaban J connectivity index is 2.16. The van der Waals surface area contributed by atoms with E-state index in [9.17, 15) is 4.39 Å². The molecule has 0 spiro atoms. The van der Waals surface area contributed by atoms with Gasteiger partial charge in [-0.1, -0.05) is 29.2 Å². The number of nitrogens with one attached hydrogen (secondary N) is 1. The lowest BCUT2D eigenvalue weighted by atomic mass is 10.1. The lowest BCUT2D eigenvalue weighted by Gasteiger charge is -2.06. The van der Waals surface area contributed by atoms with Gasteiger partial charge in [-0.05, 0) is 24.6 Å². The predicted molar refractivity (Wildman–Crippen MR) is 71.6 cm³/mol. The molecular weight excluding hydrogens is 271 g/mol. The number of hydrogen-bond donors (Lipinski definition) is 2. The van der Waals surface area contributed by atoms with Gasteiger partial charge in [0, 0.05) is 11.3 Å². The smallest absolute Gasteiger partial charge is 0.174 e. The molecule has 2 rings (SSSR count). The van der Waals surface area contributed by atoms with Crippen molar-refractivity contribution in [3.63, 3.8) is 0 Å². The van der Waals surface area contributed by atoms with E-state index < -0.39 is 0 Å². The molecular formula is C11H11FN4S2. The topological polar surface area (TPSA) is 75.7 Å². The van der Waals surface area contributed by atoms with Crippen LogP contribution in [0.15, 0.2) is 22.5 Å². The van der Waals surface area contributed by atoms with Gasteiger partial charge < -0.3 is 5.73 Å². The molecule has 1 aromatic carbocycles. The van der Waals surface area contributed by atoms with Crippen LogP contribution in [-0.2, 0) is 5.75 Å². The Morgan fingerprint density at radius 2 is 2.28 bits per heavy atom. The zero-order valence-electron chi connectivity index (χ0n) is 9.61. The molecule has 0 bridgehead atoms. The van der Waals surface area contributed by atoms with Crippen LogP contribution < -0.4 is 5.73 Å². The second kappa shape index (κ2) is 5.45. The highest BCUT2D eigenvalue weighted by Crippen LogP contribution is 2.27. The summed E-state index contributed by atoms with van der Waals surface area (Å²) in [5, 5.41) is 16.3. The fraction of sp³-hybridized carbons (Fsp3) is 0.182. The lowest BCUT2D eigenvalue weighted by molar-refractivity contribution is 0.627. The number of nitrogen functional groups attached to an aromatic ring is 1. The molecule has 18 heavy (non-hydrogen) atoms. The summed E-state index contributed by atoms with van der Waals surface area (Å²) >= 11 is 3.01. The van der Waals surface area contributed by atoms with Crippen molar-refractivity contribution >= 4 is 28.9 Å². The maximum absolute atomic E-state index is 13.1. The normalized spacial score (nSPS) is 10.6. The van der Waals surface area contributed by atoms with Crippen molar-refractivity contribution in [2.75, 3.05) is 0 Å². The second-order valence-electron chi connectivity index (χ2n) is 3.59. The number of halogens is 1. The minimum Gasteiger partial charge on any atom is -0.384 e. The number of thioether (sulfide) groups is 1. The summed E-state index contributed by atoms with van der Waals surface area (Å²) in [6, 6.07) is 4.30. The van der Waals surface area contributed by atoms with E-state index in [2.05, 4.69) is 10.2 Å². The quantitative estimate of drug-likeness (QED) is 0.513. The summed E-state index contributed by atoms with van der Waals surface area (Å²) in [4.78, 5) is 0. The van der Waals surface area contributed by atoms with Gasteiger partial charge in [-0.2, -0.15) is 0 Å². The van der Waals surface area contributed by atoms with Crippen molar-refractivity contribution in [2.24, 2.45) is 5.73 Å². The number of aromatic nitrogens is 2. The fourth-order valence-corrected chi connectivity index (χ4v) is 3.22. The van der Waals surface area contributed by atoms with Crippen LogP contribution in [0.4, 0.5) is 4.39 Å². The average molecular weight is 282 g/mol. The first-order valence-corrected chi connectivity index (χ1v) is 6.92. The van der Waals surface area contributed by atoms with Crippen molar-refractivity contribution in [1.29, 1.82) is 5.41 Å². The zero-order valence-corrected chi connectivity index (χ0v) is 11.2. The van der Waals surface area contributed by atoms with Gasteiger partial charge in [0.15, 0.2) is 4.34 Å². The molecule has 0 aliphatic carbocycles. The third-order valence-corrected chi connectivity index (χ3v) is 4.24. The van der Waals surface area contributed by atoms with E-state index in [0.717, 1.165) is 14.9 Å². The molecule has 0 atom stereocenters. The number of aryl methyl sites for hydroxylation is 1. The van der Waals surface area contributed by atoms with Crippen LogP contribution in [0.5, 0.6) is 0 Å². The Morgan fingerprint density at radius 1 is 1.50 bits per heavy atom. The molecule has 94 valence electrons. The highest BCUT2D eigenvalue weighted by molar-refractivity contribution is 8.00. The van der Waals surface area contributed by atoms with E-state index in [1.165, 1.54) is 35.2 Å². The first kappa shape index (κ1) is 13.0. The highest BCUT2D eigenvalue weighted by Gasteiger charge is 2.09. The Morgan fingerprint density at radius 3 is 2.89 bits per heavy atom. The maximum Gasteiger partial charge on any atom is 0.174 e. The summed E-state index contributed by atoms with van der Waals surface area (Å²) in [6.45, 7) is 1.89. The van der Waals surface area contributed by atoms with Crippen LogP contribution in [-0.4, -0.2) is 16.0 Å². The standard InChI is InChI=1S/C11H11FN4S2/c1-6-15-16-11(18-6)17-5-7-2-3-8(12)4-9(7)10(13)14/h2-4H,5H2,1H3,(H3,13,14). The van der Waals surface area contributed by atoms with E-state index in [1.54, 1.807) is 6.07 Å². The highest BCUT2D eigenvalue weighted by atomic mass is 32.2. The molecule has 3 N–H and O–H groups in total. The van der Waals surface area contributed by atoms with E-state index >= 15 is 0 Å². The van der Waals surface area contributed by atoms with Crippen LogP contribution in [0.2, 0.25) is 0 Å². The maximum atomic E-state index is 13.1. The summed E-state index contributed by atoms with van der Waals surface area (Å²) in [5.41, 5.74) is 6.69. The minimum atomic E-state index is -0.388. The number of nitrogens with zero attached hydrogens (tertiary/aromatic N) is 2. The van der Waals surface area contributed by atoms with E-state index in [1.807, 2.05) is 6.92 Å². The van der Waals surface area contributed by atoms with Gasteiger partial charge >= 0.3 is 0 Å². The molecule has 0 fully saturated rings. The third-order valence-electron chi connectivity index (χ3n) is 2.22. The molecule has 0 saturated heterocycles. The Hall–Kier alpha value is -1.47. The number of benzene rings is 1. The molecule has 0 aliphatic heterocycles. The van der Waals surface area contributed by atoms with Gasteiger partial charge in [0.1, 0.15) is 16.7 Å². The van der Waals surface area contributed by atoms with E-state index in [4.69, 9.17) is 11.1 Å². The summed E-state index contributed by atoms with van der Waals surface area (Å²) in [6.07, 6.45) is 0. The number of rotatable bonds is 4. The molecule has 0 aliphatic rings. The van der Waals surface area contributed by atoms with Crippen LogP contribution in [0.1, 0.15) is 16.1 Å². The monoisotopic (exact) mass is 282 g/mol. The van der Waals surface area contributed by atoms with Crippen molar-refractivity contribution < 1.29 is 4.39 Å². The molecule has 0 radical (unpaired) electrons. The van der Waals surface area contributed by atoms with Crippen LogP contribution in [0.25, 0.3) is 0 Å². The molecule has 0 saturated carbocycles. The van der Waals surface area contributed by atoms with E-state index in [0.29, 0.717) is 11.3 Å². The van der Waals surface area contributed by atoms with Gasteiger partial charge in [0.2, 0.25) is 0 Å². The molecule has 4 nitrogen and oxygen atoms in total. The fourth-order valence-electron chi connectivity index (χ4n) is 1.40. The Labute approximate surface area is 112 Å². The first-order chi connectivity index (χ1) is 8.56. The average Bonchev–Trinajstić information content (AvgIpc) is 2.73. The lowest BCUT2D eigenvalue weighted by Crippen LogP contribution is -2.13. The number of amidine groups is 1. The molecule has 1 heterocycles. The molecule has 7 heteroatoms. The van der Waals surface area contributed by atoms with Crippen molar-refractivity contribution in [3.8, 4) is 0 Å². The van der Waals surface area contributed by atoms with Gasteiger partial charge in [-0.25, -0.2) is 4.39 Å². The van der Waals surface area contributed by atoms with Crippen LogP contribution in [0, 0.1) is 18.2 Å². The van der Waals surface area contributed by atoms with Gasteiger partial charge in [-0.3, -0.25) is 5.41 Å². The van der Waals surface area contributed by atoms with Crippen molar-refractivity contribution in [3.05, 3.63) is 40.2 Å². The first-order valence-electron chi connectivity index (χ1n) is 5.12. The van der Waals surface area contributed by atoms with Crippen molar-refractivity contribution in [2.45, 2.75) is 17.0 Å². The predicted octanol–water partition coefficient (Wildman–Crippen LogP) is 2.56. The summed E-state index contributed by atoms with van der Waals surface area (Å²) < 4.78 is 13.9. The van der Waals surface area contributed by atoms with Gasteiger partial charge in [0.25, 0.3) is 0 Å². The van der Waals surface area contributed by atoms with Gasteiger partial charge in [-0.15, -0.1) is 10.2 Å². The number of nitrogens with two attached hydrogens (primary N) is 1. The largest absolute Gasteiger partial charge is 0.384 e. The third kappa shape index (κ3) is 3.05. The summed E-state index contributed by atoms with van der Waals surface area (Å²) in [5.74, 6) is 0.0726. The zero-order chi connectivity index (χ0) is 13.1. The Bertz CT molecular complexity index is 582. The van der Waals surface area contributed by atoms with Gasteiger partial charge in [0.05, 0.1) is 0 Å². The SMILES string of the molecule is Cc1nnc(SCc2ccc(F)cc2C(=N)N)s1. The minimum absolute atomic E-state index is 0.126. The van der Waals surface area contributed by atoms with Crippen LogP contribution in [0.3, 0.4) is 0 Å². The second-order valence-corrected chi connectivity index (χ2v) is 5.99. The molecule has 0 unspecified atom stereocenters. The Kier molecular flexibility index (Phi) is 3.93. The molecule has 1 aromatic heterocycles.